The van der Waals surface area contributed by atoms with Gasteiger partial charge in [-0.2, -0.15) is 4.98 Å². The van der Waals surface area contributed by atoms with Crippen molar-refractivity contribution in [2.45, 2.75) is 19.9 Å². The van der Waals surface area contributed by atoms with Gasteiger partial charge in [0.15, 0.2) is 5.82 Å². The Morgan fingerprint density at radius 3 is 2.48 bits per heavy atom. The van der Waals surface area contributed by atoms with E-state index < -0.39 is 0 Å². The third-order valence-corrected chi connectivity index (χ3v) is 4.51. The number of piperazine rings is 2. The quantitative estimate of drug-likeness (QED) is 0.769. The van der Waals surface area contributed by atoms with Crippen LogP contribution in [-0.4, -0.2) is 89.7 Å². The fourth-order valence-corrected chi connectivity index (χ4v) is 3.09. The maximum Gasteiger partial charge on any atom is 0.240 e. The molecule has 0 bridgehead atoms. The first-order chi connectivity index (χ1) is 11.2. The summed E-state index contributed by atoms with van der Waals surface area (Å²) in [4.78, 5) is 23.1. The molecule has 1 aromatic heterocycles. The third-order valence-electron chi connectivity index (χ3n) is 4.51. The van der Waals surface area contributed by atoms with Gasteiger partial charge in [-0.05, 0) is 6.92 Å². The molecule has 0 unspecified atom stereocenters. The molecule has 1 N–H and O–H groups in total. The summed E-state index contributed by atoms with van der Waals surface area (Å²) >= 11 is 0. The second-order valence-electron chi connectivity index (χ2n) is 6.23. The summed E-state index contributed by atoms with van der Waals surface area (Å²) in [6.45, 7) is 10.9. The van der Waals surface area contributed by atoms with Crippen LogP contribution < -0.4 is 5.32 Å². The standard InChI is InChI=1S/C15H26N6O2/c1-13-17-14(23-18-13)12-20-10-8-19(9-11-20)5-2-15(22)21-6-3-16-4-7-21/h16H,2-12H2,1H3. The molecular formula is C15H26N6O2. The van der Waals surface area contributed by atoms with Crippen LogP contribution in [0.2, 0.25) is 0 Å². The molecule has 23 heavy (non-hydrogen) atoms. The average Bonchev–Trinajstić information content (AvgIpc) is 2.99. The lowest BCUT2D eigenvalue weighted by Gasteiger charge is -2.34. The second-order valence-corrected chi connectivity index (χ2v) is 6.23. The molecule has 0 spiro atoms. The zero-order valence-electron chi connectivity index (χ0n) is 13.8. The van der Waals surface area contributed by atoms with Crippen molar-refractivity contribution in [3.8, 4) is 0 Å². The van der Waals surface area contributed by atoms with Crippen LogP contribution in [0.25, 0.3) is 0 Å². The number of amides is 1. The molecule has 0 saturated carbocycles. The van der Waals surface area contributed by atoms with E-state index in [-0.39, 0.29) is 5.91 Å². The maximum absolute atomic E-state index is 12.2. The Bertz CT molecular complexity index is 506. The van der Waals surface area contributed by atoms with Crippen molar-refractivity contribution in [2.75, 3.05) is 58.9 Å². The predicted octanol–water partition coefficient (Wildman–Crippen LogP) is -0.682. The van der Waals surface area contributed by atoms with Crippen LogP contribution >= 0.6 is 0 Å². The smallest absolute Gasteiger partial charge is 0.240 e. The van der Waals surface area contributed by atoms with Crippen molar-refractivity contribution in [1.82, 2.24) is 30.2 Å². The summed E-state index contributed by atoms with van der Waals surface area (Å²) in [6, 6.07) is 0. The monoisotopic (exact) mass is 322 g/mol. The molecule has 2 aliphatic rings. The Morgan fingerprint density at radius 1 is 1.13 bits per heavy atom. The van der Waals surface area contributed by atoms with E-state index in [1.165, 1.54) is 0 Å². The highest BCUT2D eigenvalue weighted by atomic mass is 16.5. The van der Waals surface area contributed by atoms with Gasteiger partial charge in [-0.3, -0.25) is 9.69 Å². The number of hydrogen-bond acceptors (Lipinski definition) is 7. The van der Waals surface area contributed by atoms with E-state index in [0.29, 0.717) is 24.7 Å². The average molecular weight is 322 g/mol. The minimum absolute atomic E-state index is 0.287. The molecule has 2 saturated heterocycles. The second kappa shape index (κ2) is 7.85. The van der Waals surface area contributed by atoms with Gasteiger partial charge in [0, 0.05) is 65.3 Å². The molecule has 0 aromatic carbocycles. The van der Waals surface area contributed by atoms with Crippen molar-refractivity contribution in [1.29, 1.82) is 0 Å². The van der Waals surface area contributed by atoms with Crippen molar-refractivity contribution < 1.29 is 9.32 Å². The van der Waals surface area contributed by atoms with Crippen LogP contribution in [0.1, 0.15) is 18.1 Å². The van der Waals surface area contributed by atoms with Crippen LogP contribution in [0.4, 0.5) is 0 Å². The highest BCUT2D eigenvalue weighted by Gasteiger charge is 2.21. The number of nitrogens with one attached hydrogen (secondary N) is 1. The molecule has 8 nitrogen and oxygen atoms in total. The van der Waals surface area contributed by atoms with E-state index in [1.807, 2.05) is 11.8 Å². The zero-order valence-corrected chi connectivity index (χ0v) is 13.8. The van der Waals surface area contributed by atoms with Crippen molar-refractivity contribution in [2.24, 2.45) is 0 Å². The molecule has 2 fully saturated rings. The molecule has 1 aromatic rings. The van der Waals surface area contributed by atoms with Gasteiger partial charge < -0.3 is 19.6 Å². The fraction of sp³-hybridized carbons (Fsp3) is 0.800. The lowest BCUT2D eigenvalue weighted by Crippen LogP contribution is -2.49. The van der Waals surface area contributed by atoms with Crippen molar-refractivity contribution in [3.63, 3.8) is 0 Å². The van der Waals surface area contributed by atoms with Crippen molar-refractivity contribution >= 4 is 5.91 Å². The van der Waals surface area contributed by atoms with E-state index in [2.05, 4.69) is 25.3 Å². The highest BCUT2D eigenvalue weighted by Crippen LogP contribution is 2.08. The first-order valence-electron chi connectivity index (χ1n) is 8.43. The molecule has 0 atom stereocenters. The SMILES string of the molecule is Cc1noc(CN2CCN(CCC(=O)N3CCNCC3)CC2)n1. The zero-order chi connectivity index (χ0) is 16.1. The number of carbonyl (C=O) groups is 1. The van der Waals surface area contributed by atoms with Crippen LogP contribution in [0, 0.1) is 6.92 Å². The molecule has 2 aliphatic heterocycles. The van der Waals surface area contributed by atoms with Crippen LogP contribution in [0.5, 0.6) is 0 Å². The first kappa shape index (κ1) is 16.4. The summed E-state index contributed by atoms with van der Waals surface area (Å²) < 4.78 is 5.17. The Balaban J connectivity index is 1.35. The first-order valence-corrected chi connectivity index (χ1v) is 8.43. The van der Waals surface area contributed by atoms with E-state index in [1.54, 1.807) is 0 Å². The number of rotatable bonds is 5. The lowest BCUT2D eigenvalue weighted by atomic mass is 10.2. The lowest BCUT2D eigenvalue weighted by molar-refractivity contribution is -0.132. The molecule has 0 aliphatic carbocycles. The summed E-state index contributed by atoms with van der Waals surface area (Å²) in [5.74, 6) is 1.66. The molecular weight excluding hydrogens is 296 g/mol. The van der Waals surface area contributed by atoms with E-state index >= 15 is 0 Å². The van der Waals surface area contributed by atoms with Gasteiger partial charge in [-0.15, -0.1) is 0 Å². The molecule has 128 valence electrons. The minimum Gasteiger partial charge on any atom is -0.340 e. The van der Waals surface area contributed by atoms with Gasteiger partial charge in [0.2, 0.25) is 11.8 Å². The van der Waals surface area contributed by atoms with Gasteiger partial charge in [-0.1, -0.05) is 5.16 Å². The molecule has 0 radical (unpaired) electrons. The number of carbonyl (C=O) groups excluding carboxylic acids is 1. The molecule has 8 heteroatoms. The molecule has 3 heterocycles. The topological polar surface area (TPSA) is 77.7 Å². The van der Waals surface area contributed by atoms with Crippen molar-refractivity contribution in [3.05, 3.63) is 11.7 Å². The maximum atomic E-state index is 12.2. The minimum atomic E-state index is 0.287. The molecule has 1 amide bonds. The van der Waals surface area contributed by atoms with E-state index in [9.17, 15) is 4.79 Å². The Hall–Kier alpha value is -1.51. The van der Waals surface area contributed by atoms with Gasteiger partial charge in [0.05, 0.1) is 6.54 Å². The fourth-order valence-electron chi connectivity index (χ4n) is 3.09. The largest absolute Gasteiger partial charge is 0.340 e. The van der Waals surface area contributed by atoms with Gasteiger partial charge in [0.25, 0.3) is 0 Å². The summed E-state index contributed by atoms with van der Waals surface area (Å²) in [5.41, 5.74) is 0. The van der Waals surface area contributed by atoms with Crippen LogP contribution in [-0.2, 0) is 11.3 Å². The van der Waals surface area contributed by atoms with Gasteiger partial charge >= 0.3 is 0 Å². The molecule has 3 rings (SSSR count). The third kappa shape index (κ3) is 4.73. The summed E-state index contributed by atoms with van der Waals surface area (Å²) in [7, 11) is 0. The van der Waals surface area contributed by atoms with Gasteiger partial charge in [0.1, 0.15) is 0 Å². The number of hydrogen-bond donors (Lipinski definition) is 1. The highest BCUT2D eigenvalue weighted by molar-refractivity contribution is 5.76. The number of aryl methyl sites for hydroxylation is 1. The number of nitrogens with zero attached hydrogens (tertiary/aromatic N) is 5. The Kier molecular flexibility index (Phi) is 5.58. The normalized spacial score (nSPS) is 20.8. The Morgan fingerprint density at radius 2 is 1.83 bits per heavy atom. The van der Waals surface area contributed by atoms with Gasteiger partial charge in [-0.25, -0.2) is 0 Å². The summed E-state index contributed by atoms with van der Waals surface area (Å²) in [6.07, 6.45) is 0.628. The van der Waals surface area contributed by atoms with Crippen LogP contribution in [0.3, 0.4) is 0 Å². The van der Waals surface area contributed by atoms with E-state index in [0.717, 1.165) is 58.9 Å². The Labute approximate surface area is 136 Å². The number of aromatic nitrogens is 2. The predicted molar refractivity (Wildman–Crippen MR) is 84.8 cm³/mol. The van der Waals surface area contributed by atoms with Crippen LogP contribution in [0.15, 0.2) is 4.52 Å². The van der Waals surface area contributed by atoms with E-state index in [4.69, 9.17) is 4.52 Å². The summed E-state index contributed by atoms with van der Waals surface area (Å²) in [5, 5.41) is 7.09.